The zero-order chi connectivity index (χ0) is 14.6. The van der Waals surface area contributed by atoms with Gasteiger partial charge >= 0.3 is 0 Å². The minimum absolute atomic E-state index is 1.34. The molecule has 0 N–H and O–H groups in total. The minimum atomic E-state index is 1.34. The summed E-state index contributed by atoms with van der Waals surface area (Å²) in [5, 5.41) is 0. The molecule has 0 fully saturated rings. The summed E-state index contributed by atoms with van der Waals surface area (Å²) >= 11 is 7.08. The fourth-order valence-electron chi connectivity index (χ4n) is 1.44. The maximum Gasteiger partial charge on any atom is 0.0162 e. The van der Waals surface area contributed by atoms with Crippen molar-refractivity contribution in [3.63, 3.8) is 0 Å². The van der Waals surface area contributed by atoms with Gasteiger partial charge in [0.1, 0.15) is 0 Å². The van der Waals surface area contributed by atoms with Crippen LogP contribution in [-0.2, 0) is 0 Å². The zero-order valence-corrected chi connectivity index (χ0v) is 18.0. The molecule has 0 atom stereocenters. The van der Waals surface area contributed by atoms with Gasteiger partial charge in [-0.15, -0.1) is 0 Å². The Hall–Kier alpha value is 0.630. The summed E-state index contributed by atoms with van der Waals surface area (Å²) in [7, 11) is 0. The van der Waals surface area contributed by atoms with Crippen LogP contribution in [0.2, 0.25) is 0 Å². The average molecular weight is 590 g/mol. The van der Waals surface area contributed by atoms with Crippen LogP contribution >= 0.6 is 67.8 Å². The van der Waals surface area contributed by atoms with Gasteiger partial charge in [0, 0.05) is 10.7 Å². The third-order valence-corrected chi connectivity index (χ3v) is 6.25. The van der Waals surface area contributed by atoms with E-state index in [9.17, 15) is 0 Å². The van der Waals surface area contributed by atoms with E-state index in [1.54, 1.807) is 0 Å². The predicted molar refractivity (Wildman–Crippen MR) is 110 cm³/mol. The topological polar surface area (TPSA) is 0 Å². The van der Waals surface area contributed by atoms with Crippen LogP contribution in [0.1, 0.15) is 22.3 Å². The summed E-state index contributed by atoms with van der Waals surface area (Å²) in [6.07, 6.45) is 0. The van der Waals surface area contributed by atoms with Crippen LogP contribution in [0.25, 0.3) is 0 Å². The van der Waals surface area contributed by atoms with Gasteiger partial charge in [-0.05, 0) is 130 Å². The Morgan fingerprint density at radius 3 is 1.37 bits per heavy atom. The molecular formula is C16H17I3. The number of benzene rings is 2. The molecule has 102 valence electrons. The van der Waals surface area contributed by atoms with Crippen molar-refractivity contribution in [2.45, 2.75) is 27.7 Å². The molecule has 0 bridgehead atoms. The van der Waals surface area contributed by atoms with E-state index in [-0.39, 0.29) is 0 Å². The Labute approximate surface area is 157 Å². The van der Waals surface area contributed by atoms with Crippen LogP contribution in [0.4, 0.5) is 0 Å². The number of hydrogen-bond acceptors (Lipinski definition) is 0. The summed E-state index contributed by atoms with van der Waals surface area (Å²) in [6.45, 7) is 8.52. The van der Waals surface area contributed by atoms with Crippen molar-refractivity contribution < 1.29 is 0 Å². The van der Waals surface area contributed by atoms with Gasteiger partial charge in [0.2, 0.25) is 0 Å². The van der Waals surface area contributed by atoms with Crippen molar-refractivity contribution in [1.82, 2.24) is 0 Å². The lowest BCUT2D eigenvalue weighted by Gasteiger charge is -2.01. The summed E-state index contributed by atoms with van der Waals surface area (Å²) in [5.74, 6) is 0. The lowest BCUT2D eigenvalue weighted by Crippen LogP contribution is -1.85. The molecule has 2 aromatic rings. The van der Waals surface area contributed by atoms with Gasteiger partial charge in [0.05, 0.1) is 0 Å². The summed E-state index contributed by atoms with van der Waals surface area (Å²) in [6, 6.07) is 10.9. The first-order valence-corrected chi connectivity index (χ1v) is 9.20. The van der Waals surface area contributed by atoms with E-state index < -0.39 is 0 Å². The van der Waals surface area contributed by atoms with E-state index >= 15 is 0 Å². The maximum atomic E-state index is 2.36. The molecule has 2 aromatic carbocycles. The second kappa shape index (κ2) is 8.17. The second-order valence-corrected chi connectivity index (χ2v) is 8.09. The first-order valence-electron chi connectivity index (χ1n) is 5.96. The van der Waals surface area contributed by atoms with E-state index in [1.165, 1.54) is 33.0 Å². The van der Waals surface area contributed by atoms with Crippen LogP contribution in [-0.4, -0.2) is 0 Å². The lowest BCUT2D eigenvalue weighted by atomic mass is 10.2. The van der Waals surface area contributed by atoms with Crippen LogP contribution < -0.4 is 0 Å². The van der Waals surface area contributed by atoms with Gasteiger partial charge in [-0.1, -0.05) is 17.7 Å². The smallest absolute Gasteiger partial charge is 0.0162 e. The van der Waals surface area contributed by atoms with Gasteiger partial charge < -0.3 is 0 Å². The fourth-order valence-corrected chi connectivity index (χ4v) is 3.36. The maximum absolute atomic E-state index is 2.36. The fraction of sp³-hybridized carbons (Fsp3) is 0.250. The number of rotatable bonds is 0. The van der Waals surface area contributed by atoms with Gasteiger partial charge in [-0.25, -0.2) is 0 Å². The Morgan fingerprint density at radius 2 is 1.00 bits per heavy atom. The van der Waals surface area contributed by atoms with Crippen molar-refractivity contribution in [2.75, 3.05) is 0 Å². The van der Waals surface area contributed by atoms with E-state index in [2.05, 4.69) is 126 Å². The van der Waals surface area contributed by atoms with Crippen molar-refractivity contribution in [1.29, 1.82) is 0 Å². The van der Waals surface area contributed by atoms with Crippen molar-refractivity contribution in [2.24, 2.45) is 0 Å². The highest BCUT2D eigenvalue weighted by Crippen LogP contribution is 2.18. The first-order chi connectivity index (χ1) is 8.81. The number of halogens is 3. The summed E-state index contributed by atoms with van der Waals surface area (Å²) < 4.78 is 4.07. The Bertz CT molecular complexity index is 524. The average Bonchev–Trinajstić information content (AvgIpc) is 2.33. The molecule has 0 aliphatic rings. The van der Waals surface area contributed by atoms with Gasteiger partial charge in [-0.2, -0.15) is 0 Å². The van der Waals surface area contributed by atoms with Crippen LogP contribution in [0.15, 0.2) is 30.3 Å². The molecule has 0 unspecified atom stereocenters. The minimum Gasteiger partial charge on any atom is -0.0590 e. The molecule has 0 aliphatic carbocycles. The molecule has 0 amide bonds. The number of aryl methyl sites for hydroxylation is 4. The van der Waals surface area contributed by atoms with E-state index in [1.807, 2.05) is 0 Å². The highest BCUT2D eigenvalue weighted by Gasteiger charge is 1.97. The third-order valence-electron chi connectivity index (χ3n) is 2.77. The molecule has 0 radical (unpaired) electrons. The summed E-state index contributed by atoms with van der Waals surface area (Å²) in [4.78, 5) is 0. The number of hydrogen-bond donors (Lipinski definition) is 0. The Balaban J connectivity index is 0.000000191. The largest absolute Gasteiger partial charge is 0.0590 e. The molecule has 0 heterocycles. The Kier molecular flexibility index (Phi) is 7.60. The monoisotopic (exact) mass is 590 g/mol. The normalized spacial score (nSPS) is 9.84. The van der Waals surface area contributed by atoms with E-state index in [4.69, 9.17) is 0 Å². The van der Waals surface area contributed by atoms with Crippen molar-refractivity contribution in [3.05, 3.63) is 63.3 Å². The quantitative estimate of drug-likeness (QED) is 0.311. The molecule has 0 aromatic heterocycles. The van der Waals surface area contributed by atoms with E-state index in [0.717, 1.165) is 0 Å². The highest BCUT2D eigenvalue weighted by atomic mass is 127. The Morgan fingerprint density at radius 1 is 0.579 bits per heavy atom. The summed E-state index contributed by atoms with van der Waals surface area (Å²) in [5.41, 5.74) is 5.44. The molecule has 19 heavy (non-hydrogen) atoms. The predicted octanol–water partition coefficient (Wildman–Crippen LogP) is 6.42. The lowest BCUT2D eigenvalue weighted by molar-refractivity contribution is 1.33. The molecular weight excluding hydrogens is 573 g/mol. The molecule has 0 nitrogen and oxygen atoms in total. The molecule has 0 saturated carbocycles. The third kappa shape index (κ3) is 5.87. The molecule has 0 spiro atoms. The first kappa shape index (κ1) is 17.7. The van der Waals surface area contributed by atoms with Gasteiger partial charge in [0.15, 0.2) is 0 Å². The van der Waals surface area contributed by atoms with Gasteiger partial charge in [0.25, 0.3) is 0 Å². The van der Waals surface area contributed by atoms with Crippen LogP contribution in [0.5, 0.6) is 0 Å². The standard InChI is InChI=1S/C8H8I2.C8H9I/c1-5-3-8(10)6(2)4-7(5)9;1-6-3-4-7(2)8(9)5-6/h3-4H,1-2H3;3-5H,1-2H3. The molecule has 0 saturated heterocycles. The highest BCUT2D eigenvalue weighted by molar-refractivity contribution is 14.1. The SMILES string of the molecule is Cc1cc(I)c(C)cc1I.Cc1ccc(C)c(I)c1. The second-order valence-electron chi connectivity index (χ2n) is 4.60. The van der Waals surface area contributed by atoms with Gasteiger partial charge in [-0.3, -0.25) is 0 Å². The van der Waals surface area contributed by atoms with Crippen molar-refractivity contribution >= 4 is 67.8 Å². The van der Waals surface area contributed by atoms with Crippen LogP contribution in [0, 0.1) is 38.4 Å². The molecule has 0 aliphatic heterocycles. The van der Waals surface area contributed by atoms with Crippen LogP contribution in [0.3, 0.4) is 0 Å². The molecule has 3 heteroatoms. The van der Waals surface area contributed by atoms with Crippen molar-refractivity contribution in [3.8, 4) is 0 Å². The van der Waals surface area contributed by atoms with E-state index in [0.29, 0.717) is 0 Å². The zero-order valence-electron chi connectivity index (χ0n) is 11.5. The molecule has 2 rings (SSSR count).